The molecule has 17 heavy (non-hydrogen) atoms. The normalized spacial score (nSPS) is 14.8. The topological polar surface area (TPSA) is 38.0 Å². The molecule has 0 bridgehead atoms. The Morgan fingerprint density at radius 3 is 2.71 bits per heavy atom. The second-order valence-electron chi connectivity index (χ2n) is 4.48. The van der Waals surface area contributed by atoms with Gasteiger partial charge < -0.3 is 0 Å². The minimum absolute atomic E-state index is 0.390. The maximum Gasteiger partial charge on any atom is 0.0314 e. The van der Waals surface area contributed by atoms with Gasteiger partial charge in [0.05, 0.1) is 0 Å². The molecule has 0 spiro atoms. The first-order valence-corrected chi connectivity index (χ1v) is 8.08. The van der Waals surface area contributed by atoms with Crippen molar-refractivity contribution in [3.63, 3.8) is 0 Å². The lowest BCUT2D eigenvalue weighted by atomic mass is 9.89. The predicted molar refractivity (Wildman–Crippen MR) is 80.1 cm³/mol. The third-order valence-electron chi connectivity index (χ3n) is 3.33. The van der Waals surface area contributed by atoms with E-state index in [4.69, 9.17) is 5.84 Å². The fourth-order valence-corrected chi connectivity index (χ4v) is 3.76. The van der Waals surface area contributed by atoms with Crippen molar-refractivity contribution in [3.8, 4) is 0 Å². The Morgan fingerprint density at radius 1 is 1.47 bits per heavy atom. The molecule has 2 unspecified atom stereocenters. The predicted octanol–water partition coefficient (Wildman–Crippen LogP) is 4.10. The first-order chi connectivity index (χ1) is 8.22. The molecule has 2 atom stereocenters. The molecule has 1 heterocycles. The Labute approximate surface area is 117 Å². The molecule has 0 saturated heterocycles. The van der Waals surface area contributed by atoms with Crippen molar-refractivity contribution < 1.29 is 0 Å². The summed E-state index contributed by atoms with van der Waals surface area (Å²) in [6.45, 7) is 4.50. The van der Waals surface area contributed by atoms with Crippen LogP contribution in [0.1, 0.15) is 44.4 Å². The van der Waals surface area contributed by atoms with Crippen LogP contribution in [0.4, 0.5) is 0 Å². The Morgan fingerprint density at radius 2 is 2.24 bits per heavy atom. The summed E-state index contributed by atoms with van der Waals surface area (Å²) in [6.07, 6.45) is 6.04. The van der Waals surface area contributed by atoms with E-state index in [2.05, 4.69) is 46.6 Å². The van der Waals surface area contributed by atoms with Crippen molar-refractivity contribution >= 4 is 27.3 Å². The van der Waals surface area contributed by atoms with Crippen molar-refractivity contribution in [2.24, 2.45) is 11.8 Å². The number of rotatable bonds is 8. The number of thiophene rings is 1. The first-order valence-electron chi connectivity index (χ1n) is 6.40. The van der Waals surface area contributed by atoms with Gasteiger partial charge in [0.2, 0.25) is 0 Å². The maximum atomic E-state index is 5.73. The molecule has 0 aliphatic heterocycles. The number of hydrazine groups is 1. The van der Waals surface area contributed by atoms with Gasteiger partial charge in [-0.3, -0.25) is 11.3 Å². The standard InChI is InChI=1S/C13H23BrN2S/c1-3-5-6-10(4-2)12(16-15)9-13-11(14)7-8-17-13/h7-8,10,12,16H,3-6,9,15H2,1-2H3. The highest BCUT2D eigenvalue weighted by atomic mass is 79.9. The Kier molecular flexibility index (Phi) is 7.35. The SMILES string of the molecule is CCCCC(CC)C(Cc1sccc1Br)NN. The van der Waals surface area contributed by atoms with Crippen LogP contribution in [0.25, 0.3) is 0 Å². The highest BCUT2D eigenvalue weighted by Crippen LogP contribution is 2.27. The molecule has 0 aliphatic carbocycles. The third kappa shape index (κ3) is 4.70. The van der Waals surface area contributed by atoms with Gasteiger partial charge in [0.15, 0.2) is 0 Å². The lowest BCUT2D eigenvalue weighted by Gasteiger charge is -2.25. The van der Waals surface area contributed by atoms with Gasteiger partial charge in [-0.1, -0.05) is 33.1 Å². The Balaban J connectivity index is 2.59. The summed E-state index contributed by atoms with van der Waals surface area (Å²) in [6, 6.07) is 2.50. The van der Waals surface area contributed by atoms with Gasteiger partial charge >= 0.3 is 0 Å². The summed E-state index contributed by atoms with van der Waals surface area (Å²) < 4.78 is 1.22. The molecule has 0 aliphatic rings. The smallest absolute Gasteiger partial charge is 0.0314 e. The first kappa shape index (κ1) is 15.2. The molecule has 3 N–H and O–H groups in total. The molecule has 0 saturated carbocycles. The number of nitrogens with two attached hydrogens (primary N) is 1. The van der Waals surface area contributed by atoms with Crippen molar-refractivity contribution in [3.05, 3.63) is 20.8 Å². The molecule has 1 rings (SSSR count). The molecule has 0 aromatic carbocycles. The van der Waals surface area contributed by atoms with Gasteiger partial charge in [-0.15, -0.1) is 11.3 Å². The number of unbranched alkanes of at least 4 members (excludes halogenated alkanes) is 1. The van der Waals surface area contributed by atoms with Crippen LogP contribution in [0.3, 0.4) is 0 Å². The van der Waals surface area contributed by atoms with Crippen LogP contribution in [0, 0.1) is 5.92 Å². The summed E-state index contributed by atoms with van der Waals surface area (Å²) in [4.78, 5) is 1.39. The molecule has 2 nitrogen and oxygen atoms in total. The van der Waals surface area contributed by atoms with Gasteiger partial charge in [-0.05, 0) is 46.1 Å². The summed E-state index contributed by atoms with van der Waals surface area (Å²) in [5, 5.41) is 2.12. The second-order valence-corrected chi connectivity index (χ2v) is 6.33. The van der Waals surface area contributed by atoms with Crippen molar-refractivity contribution in [1.82, 2.24) is 5.43 Å². The van der Waals surface area contributed by atoms with Gasteiger partial charge in [0, 0.05) is 15.4 Å². The number of hydrogen-bond acceptors (Lipinski definition) is 3. The molecule has 0 amide bonds. The molecular formula is C13H23BrN2S. The van der Waals surface area contributed by atoms with Crippen LogP contribution in [0.5, 0.6) is 0 Å². The fraction of sp³-hybridized carbons (Fsp3) is 0.692. The second kappa shape index (κ2) is 8.25. The minimum atomic E-state index is 0.390. The van der Waals surface area contributed by atoms with E-state index in [0.29, 0.717) is 12.0 Å². The number of nitrogens with one attached hydrogen (secondary N) is 1. The summed E-state index contributed by atoms with van der Waals surface area (Å²) in [5.41, 5.74) is 3.01. The van der Waals surface area contributed by atoms with Crippen LogP contribution < -0.4 is 11.3 Å². The Bertz CT molecular complexity index is 314. The highest BCUT2D eigenvalue weighted by molar-refractivity contribution is 9.10. The molecule has 1 aromatic rings. The molecule has 0 fully saturated rings. The van der Waals surface area contributed by atoms with E-state index in [1.54, 1.807) is 11.3 Å². The van der Waals surface area contributed by atoms with E-state index in [9.17, 15) is 0 Å². The largest absolute Gasteiger partial charge is 0.271 e. The van der Waals surface area contributed by atoms with Crippen molar-refractivity contribution in [2.75, 3.05) is 0 Å². The lowest BCUT2D eigenvalue weighted by molar-refractivity contribution is 0.319. The fourth-order valence-electron chi connectivity index (χ4n) is 2.19. The average Bonchev–Trinajstić information content (AvgIpc) is 2.74. The zero-order valence-electron chi connectivity index (χ0n) is 10.7. The molecule has 4 heteroatoms. The van der Waals surface area contributed by atoms with Gasteiger partial charge in [-0.2, -0.15) is 0 Å². The van der Waals surface area contributed by atoms with Gasteiger partial charge in [-0.25, -0.2) is 0 Å². The highest BCUT2D eigenvalue weighted by Gasteiger charge is 2.20. The van der Waals surface area contributed by atoms with E-state index in [1.165, 1.54) is 35.0 Å². The summed E-state index contributed by atoms with van der Waals surface area (Å²) >= 11 is 5.39. The summed E-state index contributed by atoms with van der Waals surface area (Å²) in [5.74, 6) is 6.40. The molecular weight excluding hydrogens is 296 g/mol. The maximum absolute atomic E-state index is 5.73. The summed E-state index contributed by atoms with van der Waals surface area (Å²) in [7, 11) is 0. The van der Waals surface area contributed by atoms with Gasteiger partial charge in [0.25, 0.3) is 0 Å². The van der Waals surface area contributed by atoms with Crippen LogP contribution in [-0.2, 0) is 6.42 Å². The molecule has 0 radical (unpaired) electrons. The van der Waals surface area contributed by atoms with Crippen molar-refractivity contribution in [1.29, 1.82) is 0 Å². The number of halogens is 1. The monoisotopic (exact) mass is 318 g/mol. The number of hydrogen-bond donors (Lipinski definition) is 2. The Hall–Kier alpha value is 0.1000. The lowest BCUT2D eigenvalue weighted by Crippen LogP contribution is -2.42. The molecule has 1 aromatic heterocycles. The van der Waals surface area contributed by atoms with Crippen LogP contribution in [0.2, 0.25) is 0 Å². The third-order valence-corrected chi connectivity index (χ3v) is 5.28. The average molecular weight is 319 g/mol. The van der Waals surface area contributed by atoms with Crippen LogP contribution >= 0.6 is 27.3 Å². The quantitative estimate of drug-likeness (QED) is 0.559. The van der Waals surface area contributed by atoms with Crippen LogP contribution in [-0.4, -0.2) is 6.04 Å². The molecule has 98 valence electrons. The van der Waals surface area contributed by atoms with Crippen molar-refractivity contribution in [2.45, 2.75) is 52.0 Å². The van der Waals surface area contributed by atoms with E-state index >= 15 is 0 Å². The van der Waals surface area contributed by atoms with Crippen LogP contribution in [0.15, 0.2) is 15.9 Å². The van der Waals surface area contributed by atoms with E-state index in [0.717, 1.165) is 6.42 Å². The van der Waals surface area contributed by atoms with E-state index in [1.807, 2.05) is 0 Å². The minimum Gasteiger partial charge on any atom is -0.271 e. The zero-order chi connectivity index (χ0) is 12.7. The van der Waals surface area contributed by atoms with E-state index in [-0.39, 0.29) is 0 Å². The zero-order valence-corrected chi connectivity index (χ0v) is 13.1. The van der Waals surface area contributed by atoms with Gasteiger partial charge in [0.1, 0.15) is 0 Å². The van der Waals surface area contributed by atoms with E-state index < -0.39 is 0 Å².